The summed E-state index contributed by atoms with van der Waals surface area (Å²) in [5, 5.41) is 0.926. The Bertz CT molecular complexity index is 615. The van der Waals surface area contributed by atoms with E-state index in [0.29, 0.717) is 12.1 Å². The van der Waals surface area contributed by atoms with E-state index < -0.39 is 11.7 Å². The minimum Gasteiger partial charge on any atom is -0.347 e. The van der Waals surface area contributed by atoms with Gasteiger partial charge in [0.15, 0.2) is 0 Å². The van der Waals surface area contributed by atoms with E-state index in [0.717, 1.165) is 17.4 Å². The number of alkyl halides is 3. The summed E-state index contributed by atoms with van der Waals surface area (Å²) in [5.41, 5.74) is 1.31. The molecule has 0 unspecified atom stereocenters. The lowest BCUT2D eigenvalue weighted by Gasteiger charge is -2.17. The Labute approximate surface area is 117 Å². The van der Waals surface area contributed by atoms with Crippen molar-refractivity contribution in [2.45, 2.75) is 46.8 Å². The Balaban J connectivity index is 2.59. The zero-order valence-corrected chi connectivity index (χ0v) is 12.3. The number of hydrogen-bond acceptors (Lipinski definition) is 0. The van der Waals surface area contributed by atoms with Gasteiger partial charge in [0, 0.05) is 23.6 Å². The van der Waals surface area contributed by atoms with Crippen LogP contribution < -0.4 is 0 Å². The number of hydrogen-bond donors (Lipinski definition) is 0. The average molecular weight is 283 g/mol. The minimum absolute atomic E-state index is 0.107. The lowest BCUT2D eigenvalue weighted by atomic mass is 9.88. The van der Waals surface area contributed by atoms with Crippen molar-refractivity contribution in [1.82, 2.24) is 4.57 Å². The molecule has 0 aliphatic rings. The van der Waals surface area contributed by atoms with Gasteiger partial charge < -0.3 is 4.57 Å². The van der Waals surface area contributed by atoms with Gasteiger partial charge in [-0.2, -0.15) is 13.2 Å². The van der Waals surface area contributed by atoms with Crippen molar-refractivity contribution in [3.8, 4) is 0 Å². The molecule has 0 aliphatic carbocycles. The molecule has 0 atom stereocenters. The van der Waals surface area contributed by atoms with Crippen LogP contribution in [-0.2, 0) is 19.1 Å². The summed E-state index contributed by atoms with van der Waals surface area (Å²) in [4.78, 5) is 0. The second-order valence-corrected chi connectivity index (χ2v) is 6.41. The number of nitrogens with zero attached hydrogens (tertiary/aromatic N) is 1. The SMILES string of the molecule is CCn1cc(CC(C)(C)C)c2ccc(C(F)(F)F)cc21. The number of benzene rings is 1. The van der Waals surface area contributed by atoms with E-state index in [2.05, 4.69) is 20.8 Å². The van der Waals surface area contributed by atoms with Crippen LogP contribution in [0.25, 0.3) is 10.9 Å². The Morgan fingerprint density at radius 3 is 2.25 bits per heavy atom. The summed E-state index contributed by atoms with van der Waals surface area (Å²) in [7, 11) is 0. The summed E-state index contributed by atoms with van der Waals surface area (Å²) in [6, 6.07) is 4.03. The number of rotatable bonds is 2. The van der Waals surface area contributed by atoms with Crippen LogP contribution in [0.15, 0.2) is 24.4 Å². The molecule has 2 rings (SSSR count). The molecule has 0 N–H and O–H groups in total. The highest BCUT2D eigenvalue weighted by Crippen LogP contribution is 2.34. The summed E-state index contributed by atoms with van der Waals surface area (Å²) < 4.78 is 40.4. The van der Waals surface area contributed by atoms with E-state index in [9.17, 15) is 13.2 Å². The van der Waals surface area contributed by atoms with E-state index in [4.69, 9.17) is 0 Å². The first-order chi connectivity index (χ1) is 9.12. The van der Waals surface area contributed by atoms with Crippen molar-refractivity contribution in [2.24, 2.45) is 5.41 Å². The van der Waals surface area contributed by atoms with Crippen molar-refractivity contribution >= 4 is 10.9 Å². The quantitative estimate of drug-likeness (QED) is 0.707. The summed E-state index contributed by atoms with van der Waals surface area (Å²) >= 11 is 0. The lowest BCUT2D eigenvalue weighted by Crippen LogP contribution is -2.08. The monoisotopic (exact) mass is 283 g/mol. The summed E-state index contributed by atoms with van der Waals surface area (Å²) in [6.07, 6.45) is -1.46. The molecule has 1 aromatic heterocycles. The zero-order valence-electron chi connectivity index (χ0n) is 12.3. The lowest BCUT2D eigenvalue weighted by molar-refractivity contribution is -0.137. The zero-order chi connectivity index (χ0) is 15.1. The average Bonchev–Trinajstić information content (AvgIpc) is 2.63. The predicted octanol–water partition coefficient (Wildman–Crippen LogP) is 5.27. The molecule has 4 heteroatoms. The van der Waals surface area contributed by atoms with Crippen LogP contribution in [0.1, 0.15) is 38.8 Å². The summed E-state index contributed by atoms with van der Waals surface area (Å²) in [5.74, 6) is 0. The predicted molar refractivity (Wildman–Crippen MR) is 75.8 cm³/mol. The maximum atomic E-state index is 12.8. The van der Waals surface area contributed by atoms with Crippen LogP contribution in [0.3, 0.4) is 0 Å². The second-order valence-electron chi connectivity index (χ2n) is 6.41. The van der Waals surface area contributed by atoms with Crippen molar-refractivity contribution in [1.29, 1.82) is 0 Å². The molecule has 0 saturated carbocycles. The van der Waals surface area contributed by atoms with E-state index in [1.165, 1.54) is 12.1 Å². The first-order valence-corrected chi connectivity index (χ1v) is 6.81. The molecular formula is C16H20F3N. The molecule has 0 saturated heterocycles. The molecule has 1 nitrogen and oxygen atoms in total. The van der Waals surface area contributed by atoms with Crippen LogP contribution in [0.5, 0.6) is 0 Å². The largest absolute Gasteiger partial charge is 0.416 e. The second kappa shape index (κ2) is 4.83. The highest BCUT2D eigenvalue weighted by Gasteiger charge is 2.31. The highest BCUT2D eigenvalue weighted by atomic mass is 19.4. The van der Waals surface area contributed by atoms with Crippen LogP contribution in [0.2, 0.25) is 0 Å². The van der Waals surface area contributed by atoms with Gasteiger partial charge in [0.25, 0.3) is 0 Å². The maximum Gasteiger partial charge on any atom is 0.416 e. The van der Waals surface area contributed by atoms with Crippen LogP contribution in [-0.4, -0.2) is 4.57 Å². The molecule has 110 valence electrons. The fraction of sp³-hybridized carbons (Fsp3) is 0.500. The van der Waals surface area contributed by atoms with E-state index in [1.54, 1.807) is 6.07 Å². The third-order valence-corrected chi connectivity index (χ3v) is 3.35. The standard InChI is InChI=1S/C16H20F3N/c1-5-20-10-11(9-15(2,3)4)13-7-6-12(8-14(13)20)16(17,18)19/h6-8,10H,5,9H2,1-4H3. The molecule has 1 heterocycles. The first kappa shape index (κ1) is 14.9. The smallest absolute Gasteiger partial charge is 0.347 e. The fourth-order valence-corrected chi connectivity index (χ4v) is 2.52. The van der Waals surface area contributed by atoms with Crippen LogP contribution in [0.4, 0.5) is 13.2 Å². The molecule has 0 radical (unpaired) electrons. The van der Waals surface area contributed by atoms with Gasteiger partial charge in [-0.05, 0) is 36.5 Å². The first-order valence-electron chi connectivity index (χ1n) is 6.81. The number of aryl methyl sites for hydroxylation is 1. The molecule has 20 heavy (non-hydrogen) atoms. The van der Waals surface area contributed by atoms with Crippen molar-refractivity contribution in [3.63, 3.8) is 0 Å². The van der Waals surface area contributed by atoms with Gasteiger partial charge in [-0.3, -0.25) is 0 Å². The fourth-order valence-electron chi connectivity index (χ4n) is 2.52. The molecule has 1 aromatic carbocycles. The Hall–Kier alpha value is -1.45. The molecular weight excluding hydrogens is 263 g/mol. The normalized spacial score (nSPS) is 13.2. The van der Waals surface area contributed by atoms with Gasteiger partial charge in [0.05, 0.1) is 5.56 Å². The Morgan fingerprint density at radius 1 is 1.10 bits per heavy atom. The van der Waals surface area contributed by atoms with Crippen molar-refractivity contribution < 1.29 is 13.2 Å². The van der Waals surface area contributed by atoms with Crippen LogP contribution >= 0.6 is 0 Å². The number of halogens is 3. The van der Waals surface area contributed by atoms with E-state index in [-0.39, 0.29) is 5.41 Å². The van der Waals surface area contributed by atoms with Gasteiger partial charge in [-0.15, -0.1) is 0 Å². The number of aromatic nitrogens is 1. The number of fused-ring (bicyclic) bond motifs is 1. The van der Waals surface area contributed by atoms with E-state index in [1.807, 2.05) is 17.7 Å². The third-order valence-electron chi connectivity index (χ3n) is 3.35. The van der Waals surface area contributed by atoms with Crippen molar-refractivity contribution in [3.05, 3.63) is 35.5 Å². The van der Waals surface area contributed by atoms with Gasteiger partial charge >= 0.3 is 6.18 Å². The molecule has 0 fully saturated rings. The van der Waals surface area contributed by atoms with Gasteiger partial charge in [-0.25, -0.2) is 0 Å². The van der Waals surface area contributed by atoms with Crippen LogP contribution in [0, 0.1) is 5.41 Å². The minimum atomic E-state index is -4.29. The highest BCUT2D eigenvalue weighted by molar-refractivity contribution is 5.85. The third kappa shape index (κ3) is 3.00. The topological polar surface area (TPSA) is 4.93 Å². The Kier molecular flexibility index (Phi) is 3.61. The van der Waals surface area contributed by atoms with E-state index >= 15 is 0 Å². The molecule has 0 bridgehead atoms. The Morgan fingerprint density at radius 2 is 1.75 bits per heavy atom. The molecule has 0 amide bonds. The molecule has 0 aliphatic heterocycles. The van der Waals surface area contributed by atoms with Crippen molar-refractivity contribution in [2.75, 3.05) is 0 Å². The van der Waals surface area contributed by atoms with Gasteiger partial charge in [0.1, 0.15) is 0 Å². The summed E-state index contributed by atoms with van der Waals surface area (Å²) in [6.45, 7) is 9.01. The molecule has 0 spiro atoms. The van der Waals surface area contributed by atoms with Gasteiger partial charge in [0.2, 0.25) is 0 Å². The van der Waals surface area contributed by atoms with Gasteiger partial charge in [-0.1, -0.05) is 26.8 Å². The molecule has 2 aromatic rings. The maximum absolute atomic E-state index is 12.8.